The van der Waals surface area contributed by atoms with Crippen molar-refractivity contribution in [2.75, 3.05) is 0 Å². The highest BCUT2D eigenvalue weighted by molar-refractivity contribution is 5.31. The van der Waals surface area contributed by atoms with E-state index in [0.29, 0.717) is 24.0 Å². The molecule has 1 aliphatic heterocycles. The van der Waals surface area contributed by atoms with Crippen molar-refractivity contribution in [3.05, 3.63) is 71.8 Å². The van der Waals surface area contributed by atoms with Crippen LogP contribution in [0.5, 0.6) is 0 Å². The molecule has 96 valence electrons. The average molecular weight is 250 g/mol. The summed E-state index contributed by atoms with van der Waals surface area (Å²) in [6.07, 6.45) is 3.39. The van der Waals surface area contributed by atoms with Crippen molar-refractivity contribution in [3.8, 4) is 0 Å². The van der Waals surface area contributed by atoms with E-state index >= 15 is 0 Å². The van der Waals surface area contributed by atoms with E-state index in [2.05, 4.69) is 60.7 Å². The van der Waals surface area contributed by atoms with Gasteiger partial charge < -0.3 is 4.74 Å². The lowest BCUT2D eigenvalue weighted by Gasteiger charge is -2.30. The summed E-state index contributed by atoms with van der Waals surface area (Å²) in [6, 6.07) is 21.9. The Morgan fingerprint density at radius 2 is 1.05 bits per heavy atom. The Labute approximate surface area is 114 Å². The molecule has 2 aromatic rings. The second-order valence-corrected chi connectivity index (χ2v) is 5.72. The Morgan fingerprint density at radius 1 is 0.632 bits per heavy atom. The zero-order valence-electron chi connectivity index (χ0n) is 10.9. The lowest BCUT2D eigenvalue weighted by atomic mass is 9.72. The van der Waals surface area contributed by atoms with Crippen molar-refractivity contribution < 1.29 is 4.74 Å². The predicted octanol–water partition coefficient (Wildman–Crippen LogP) is 4.12. The Hall–Kier alpha value is -1.60. The summed E-state index contributed by atoms with van der Waals surface area (Å²) >= 11 is 0. The van der Waals surface area contributed by atoms with Gasteiger partial charge in [0, 0.05) is 0 Å². The molecule has 1 aliphatic carbocycles. The minimum absolute atomic E-state index is 0.519. The maximum atomic E-state index is 5.78. The fourth-order valence-corrected chi connectivity index (χ4v) is 3.56. The SMILES string of the molecule is c1ccc(C2CC3OC3CC2c2ccccc2)cc1. The normalized spacial score (nSPS) is 32.6. The second kappa shape index (κ2) is 4.50. The molecular formula is C18H18O. The summed E-state index contributed by atoms with van der Waals surface area (Å²) in [5.41, 5.74) is 2.93. The summed E-state index contributed by atoms with van der Waals surface area (Å²) in [5.74, 6) is 1.21. The molecule has 19 heavy (non-hydrogen) atoms. The van der Waals surface area contributed by atoms with Crippen molar-refractivity contribution in [1.82, 2.24) is 0 Å². The lowest BCUT2D eigenvalue weighted by molar-refractivity contribution is 0.371. The number of ether oxygens (including phenoxy) is 1. The Bertz CT molecular complexity index is 497. The number of fused-ring (bicyclic) bond motifs is 1. The van der Waals surface area contributed by atoms with E-state index in [1.165, 1.54) is 24.0 Å². The molecule has 4 unspecified atom stereocenters. The molecule has 1 heteroatoms. The van der Waals surface area contributed by atoms with Crippen LogP contribution in [-0.4, -0.2) is 12.2 Å². The van der Waals surface area contributed by atoms with Gasteiger partial charge in [-0.2, -0.15) is 0 Å². The van der Waals surface area contributed by atoms with E-state index in [9.17, 15) is 0 Å². The molecule has 1 saturated heterocycles. The zero-order valence-corrected chi connectivity index (χ0v) is 10.9. The van der Waals surface area contributed by atoms with E-state index in [0.717, 1.165) is 0 Å². The molecule has 0 aromatic heterocycles. The highest BCUT2D eigenvalue weighted by Gasteiger charge is 2.48. The molecule has 1 saturated carbocycles. The number of epoxide rings is 1. The van der Waals surface area contributed by atoms with Crippen LogP contribution in [0.3, 0.4) is 0 Å². The molecule has 4 rings (SSSR count). The minimum Gasteiger partial charge on any atom is -0.370 e. The molecule has 2 fully saturated rings. The van der Waals surface area contributed by atoms with E-state index in [-0.39, 0.29) is 0 Å². The van der Waals surface area contributed by atoms with Crippen LogP contribution in [0, 0.1) is 0 Å². The van der Waals surface area contributed by atoms with Gasteiger partial charge >= 0.3 is 0 Å². The van der Waals surface area contributed by atoms with Gasteiger partial charge in [-0.25, -0.2) is 0 Å². The van der Waals surface area contributed by atoms with Gasteiger partial charge in [0.25, 0.3) is 0 Å². The van der Waals surface area contributed by atoms with Crippen LogP contribution in [0.4, 0.5) is 0 Å². The van der Waals surface area contributed by atoms with E-state index in [1.807, 2.05) is 0 Å². The van der Waals surface area contributed by atoms with Gasteiger partial charge in [0.1, 0.15) is 0 Å². The molecule has 0 amide bonds. The lowest BCUT2D eigenvalue weighted by Crippen LogP contribution is -2.21. The zero-order chi connectivity index (χ0) is 12.7. The first-order valence-electron chi connectivity index (χ1n) is 7.17. The highest BCUT2D eigenvalue weighted by Crippen LogP contribution is 2.51. The average Bonchev–Trinajstić information content (AvgIpc) is 3.26. The van der Waals surface area contributed by atoms with Gasteiger partial charge in [-0.3, -0.25) is 0 Å². The third-order valence-electron chi connectivity index (χ3n) is 4.60. The Morgan fingerprint density at radius 3 is 1.47 bits per heavy atom. The Balaban J connectivity index is 1.70. The number of hydrogen-bond acceptors (Lipinski definition) is 1. The van der Waals surface area contributed by atoms with Crippen LogP contribution in [0.1, 0.15) is 35.8 Å². The van der Waals surface area contributed by atoms with Crippen LogP contribution in [0.25, 0.3) is 0 Å². The third-order valence-corrected chi connectivity index (χ3v) is 4.60. The van der Waals surface area contributed by atoms with Crippen LogP contribution in [0.2, 0.25) is 0 Å². The maximum absolute atomic E-state index is 5.78. The van der Waals surface area contributed by atoms with Crippen LogP contribution in [-0.2, 0) is 4.74 Å². The van der Waals surface area contributed by atoms with Gasteiger partial charge in [0.15, 0.2) is 0 Å². The molecular weight excluding hydrogens is 232 g/mol. The van der Waals surface area contributed by atoms with Crippen molar-refractivity contribution in [2.24, 2.45) is 0 Å². The predicted molar refractivity (Wildman–Crippen MR) is 76.3 cm³/mol. The van der Waals surface area contributed by atoms with Crippen LogP contribution in [0.15, 0.2) is 60.7 Å². The quantitative estimate of drug-likeness (QED) is 0.731. The van der Waals surface area contributed by atoms with Crippen molar-refractivity contribution >= 4 is 0 Å². The molecule has 0 N–H and O–H groups in total. The molecule has 0 bridgehead atoms. The maximum Gasteiger partial charge on any atom is 0.0848 e. The summed E-state index contributed by atoms with van der Waals surface area (Å²) in [5, 5.41) is 0. The van der Waals surface area contributed by atoms with Crippen LogP contribution < -0.4 is 0 Å². The molecule has 0 spiro atoms. The summed E-state index contributed by atoms with van der Waals surface area (Å²) in [7, 11) is 0. The van der Waals surface area contributed by atoms with Crippen molar-refractivity contribution in [3.63, 3.8) is 0 Å². The molecule has 2 aliphatic rings. The fourth-order valence-electron chi connectivity index (χ4n) is 3.56. The first-order chi connectivity index (χ1) is 9.42. The number of hydrogen-bond donors (Lipinski definition) is 0. The van der Waals surface area contributed by atoms with Crippen molar-refractivity contribution in [1.29, 1.82) is 0 Å². The van der Waals surface area contributed by atoms with E-state index in [4.69, 9.17) is 4.74 Å². The monoisotopic (exact) mass is 250 g/mol. The number of rotatable bonds is 2. The first-order valence-corrected chi connectivity index (χ1v) is 7.17. The van der Waals surface area contributed by atoms with Gasteiger partial charge in [-0.1, -0.05) is 60.7 Å². The molecule has 1 nitrogen and oxygen atoms in total. The first kappa shape index (κ1) is 11.2. The van der Waals surface area contributed by atoms with Crippen LogP contribution >= 0.6 is 0 Å². The molecule has 1 heterocycles. The van der Waals surface area contributed by atoms with E-state index in [1.54, 1.807) is 0 Å². The van der Waals surface area contributed by atoms with Gasteiger partial charge in [0.2, 0.25) is 0 Å². The van der Waals surface area contributed by atoms with Gasteiger partial charge in [-0.15, -0.1) is 0 Å². The van der Waals surface area contributed by atoms with Gasteiger partial charge in [-0.05, 0) is 35.8 Å². The Kier molecular flexibility index (Phi) is 2.66. The molecule has 2 aromatic carbocycles. The standard InChI is InChI=1S/C18H18O/c1-3-7-13(8-4-1)15-11-17-18(19-17)12-16(15)14-9-5-2-6-10-14/h1-10,15-18H,11-12H2. The topological polar surface area (TPSA) is 12.5 Å². The smallest absolute Gasteiger partial charge is 0.0848 e. The second-order valence-electron chi connectivity index (χ2n) is 5.72. The largest absolute Gasteiger partial charge is 0.370 e. The van der Waals surface area contributed by atoms with Crippen molar-refractivity contribution in [2.45, 2.75) is 36.9 Å². The summed E-state index contributed by atoms with van der Waals surface area (Å²) in [6.45, 7) is 0. The third kappa shape index (κ3) is 2.08. The van der Waals surface area contributed by atoms with Gasteiger partial charge in [0.05, 0.1) is 12.2 Å². The summed E-state index contributed by atoms with van der Waals surface area (Å²) in [4.78, 5) is 0. The molecule has 0 radical (unpaired) electrons. The summed E-state index contributed by atoms with van der Waals surface area (Å²) < 4.78 is 5.78. The highest BCUT2D eigenvalue weighted by atomic mass is 16.6. The fraction of sp³-hybridized carbons (Fsp3) is 0.333. The van der Waals surface area contributed by atoms with E-state index < -0.39 is 0 Å². The number of benzene rings is 2. The minimum atomic E-state index is 0.519. The molecule has 4 atom stereocenters.